The monoisotopic (exact) mass is 407 g/mol. The zero-order valence-electron chi connectivity index (χ0n) is 14.4. The Hall–Kier alpha value is -2.56. The molecule has 27 heavy (non-hydrogen) atoms. The summed E-state index contributed by atoms with van der Waals surface area (Å²) in [6.45, 7) is 0.183. The van der Waals surface area contributed by atoms with Gasteiger partial charge in [0, 0.05) is 17.5 Å². The van der Waals surface area contributed by atoms with Crippen LogP contribution >= 0.6 is 11.3 Å². The highest BCUT2D eigenvalue weighted by molar-refractivity contribution is 7.88. The lowest BCUT2D eigenvalue weighted by Crippen LogP contribution is -2.24. The minimum atomic E-state index is -3.21. The predicted octanol–water partition coefficient (Wildman–Crippen LogP) is 2.25. The first-order valence-corrected chi connectivity index (χ1v) is 10.8. The summed E-state index contributed by atoms with van der Waals surface area (Å²) in [5.74, 6) is 0.161. The van der Waals surface area contributed by atoms with E-state index in [1.54, 1.807) is 24.3 Å². The second-order valence-corrected chi connectivity index (χ2v) is 8.33. The Morgan fingerprint density at radius 1 is 1.26 bits per heavy atom. The smallest absolute Gasteiger partial charge is 0.338 e. The molecule has 2 heterocycles. The minimum absolute atomic E-state index is 0.115. The van der Waals surface area contributed by atoms with Gasteiger partial charge < -0.3 is 9.26 Å². The molecule has 1 aromatic carbocycles. The van der Waals surface area contributed by atoms with E-state index in [1.807, 2.05) is 16.8 Å². The summed E-state index contributed by atoms with van der Waals surface area (Å²) in [4.78, 5) is 16.3. The fraction of sp³-hybridized carbons (Fsp3) is 0.235. The standard InChI is InChI=1S/C17H17N3O5S2/c1-27(22,23)18-8-6-12-2-4-13(5-3-12)17(21)24-10-15-19-16(20-25-15)14-7-9-26-11-14/h2-5,7,9,11,18H,6,8,10H2,1H3. The first-order valence-electron chi connectivity index (χ1n) is 7.96. The molecule has 3 aromatic rings. The van der Waals surface area contributed by atoms with E-state index >= 15 is 0 Å². The lowest BCUT2D eigenvalue weighted by Gasteiger charge is -2.05. The number of benzene rings is 1. The Balaban J connectivity index is 1.51. The molecule has 3 rings (SSSR count). The molecule has 0 saturated heterocycles. The SMILES string of the molecule is CS(=O)(=O)NCCc1ccc(C(=O)OCc2nc(-c3ccsc3)no2)cc1. The molecule has 0 aliphatic rings. The van der Waals surface area contributed by atoms with Crippen LogP contribution in [-0.2, 0) is 27.8 Å². The largest absolute Gasteiger partial charge is 0.452 e. The molecular weight excluding hydrogens is 390 g/mol. The van der Waals surface area contributed by atoms with Crippen molar-refractivity contribution in [3.8, 4) is 11.4 Å². The van der Waals surface area contributed by atoms with Crippen LogP contribution in [0.15, 0.2) is 45.6 Å². The van der Waals surface area contributed by atoms with Gasteiger partial charge in [-0.05, 0) is 35.6 Å². The first-order chi connectivity index (χ1) is 12.9. The zero-order chi connectivity index (χ0) is 19.3. The highest BCUT2D eigenvalue weighted by Crippen LogP contribution is 2.19. The molecule has 0 amide bonds. The highest BCUT2D eigenvalue weighted by Gasteiger charge is 2.13. The zero-order valence-corrected chi connectivity index (χ0v) is 16.0. The van der Waals surface area contributed by atoms with Gasteiger partial charge in [0.05, 0.1) is 11.8 Å². The van der Waals surface area contributed by atoms with Gasteiger partial charge in [-0.15, -0.1) is 0 Å². The van der Waals surface area contributed by atoms with E-state index in [4.69, 9.17) is 9.26 Å². The van der Waals surface area contributed by atoms with E-state index < -0.39 is 16.0 Å². The summed E-state index contributed by atoms with van der Waals surface area (Å²) in [5, 5.41) is 7.65. The fourth-order valence-corrected chi connectivity index (χ4v) is 3.33. The number of carbonyl (C=O) groups excluding carboxylic acids is 1. The molecule has 0 radical (unpaired) electrons. The van der Waals surface area contributed by atoms with Gasteiger partial charge in [0.1, 0.15) is 0 Å². The number of nitrogens with zero attached hydrogens (tertiary/aromatic N) is 2. The average molecular weight is 407 g/mol. The number of nitrogens with one attached hydrogen (secondary N) is 1. The van der Waals surface area contributed by atoms with Gasteiger partial charge in [-0.2, -0.15) is 16.3 Å². The van der Waals surface area contributed by atoms with Crippen molar-refractivity contribution in [2.45, 2.75) is 13.0 Å². The molecule has 10 heteroatoms. The summed E-state index contributed by atoms with van der Waals surface area (Å²) in [6, 6.07) is 8.63. The van der Waals surface area contributed by atoms with Gasteiger partial charge in [0.15, 0.2) is 6.61 Å². The van der Waals surface area contributed by atoms with Gasteiger partial charge in [0.25, 0.3) is 5.89 Å². The molecule has 1 N–H and O–H groups in total. The fourth-order valence-electron chi connectivity index (χ4n) is 2.22. The van der Waals surface area contributed by atoms with Crippen LogP contribution in [0.25, 0.3) is 11.4 Å². The van der Waals surface area contributed by atoms with Gasteiger partial charge in [0.2, 0.25) is 15.8 Å². The molecule has 0 unspecified atom stereocenters. The van der Waals surface area contributed by atoms with Crippen molar-refractivity contribution >= 4 is 27.3 Å². The predicted molar refractivity (Wildman–Crippen MR) is 99.7 cm³/mol. The Labute approximate surface area is 160 Å². The van der Waals surface area contributed by atoms with Crippen LogP contribution < -0.4 is 4.72 Å². The van der Waals surface area contributed by atoms with Crippen molar-refractivity contribution in [1.29, 1.82) is 0 Å². The average Bonchev–Trinajstić information content (AvgIpc) is 3.30. The second-order valence-electron chi connectivity index (χ2n) is 5.71. The normalized spacial score (nSPS) is 11.4. The molecule has 0 bridgehead atoms. The van der Waals surface area contributed by atoms with Crippen LogP contribution in [0.3, 0.4) is 0 Å². The van der Waals surface area contributed by atoms with Crippen LogP contribution in [0.2, 0.25) is 0 Å². The van der Waals surface area contributed by atoms with Crippen molar-refractivity contribution in [3.05, 3.63) is 58.1 Å². The van der Waals surface area contributed by atoms with Gasteiger partial charge in [-0.1, -0.05) is 17.3 Å². The third-order valence-electron chi connectivity index (χ3n) is 3.54. The number of rotatable bonds is 8. The second kappa shape index (κ2) is 8.42. The molecule has 0 atom stereocenters. The van der Waals surface area contributed by atoms with Crippen LogP contribution in [0.5, 0.6) is 0 Å². The number of ether oxygens (including phenoxy) is 1. The molecule has 2 aromatic heterocycles. The van der Waals surface area contributed by atoms with Crippen molar-refractivity contribution in [1.82, 2.24) is 14.9 Å². The lowest BCUT2D eigenvalue weighted by atomic mass is 10.1. The maximum absolute atomic E-state index is 12.1. The van der Waals surface area contributed by atoms with E-state index in [0.717, 1.165) is 17.4 Å². The third kappa shape index (κ3) is 5.71. The van der Waals surface area contributed by atoms with Gasteiger partial charge in [-0.25, -0.2) is 17.9 Å². The van der Waals surface area contributed by atoms with Crippen molar-refractivity contribution in [3.63, 3.8) is 0 Å². The highest BCUT2D eigenvalue weighted by atomic mass is 32.2. The summed E-state index contributed by atoms with van der Waals surface area (Å²) in [6.07, 6.45) is 1.63. The number of sulfonamides is 1. The van der Waals surface area contributed by atoms with Gasteiger partial charge >= 0.3 is 5.97 Å². The summed E-state index contributed by atoms with van der Waals surface area (Å²) in [7, 11) is -3.21. The van der Waals surface area contributed by atoms with E-state index in [2.05, 4.69) is 14.9 Å². The minimum Gasteiger partial charge on any atom is -0.452 e. The van der Waals surface area contributed by atoms with Crippen LogP contribution in [-0.4, -0.2) is 37.3 Å². The van der Waals surface area contributed by atoms with E-state index in [9.17, 15) is 13.2 Å². The van der Waals surface area contributed by atoms with Gasteiger partial charge in [-0.3, -0.25) is 0 Å². The molecule has 0 aliphatic carbocycles. The molecular formula is C17H17N3O5S2. The molecule has 0 spiro atoms. The van der Waals surface area contributed by atoms with Crippen molar-refractivity contribution in [2.24, 2.45) is 0 Å². The third-order valence-corrected chi connectivity index (χ3v) is 4.95. The summed E-state index contributed by atoms with van der Waals surface area (Å²) < 4.78 is 34.7. The maximum Gasteiger partial charge on any atom is 0.338 e. The molecule has 0 aliphatic heterocycles. The quantitative estimate of drug-likeness (QED) is 0.570. The maximum atomic E-state index is 12.1. The number of esters is 1. The van der Waals surface area contributed by atoms with Crippen LogP contribution in [0.4, 0.5) is 0 Å². The number of hydrogen-bond acceptors (Lipinski definition) is 8. The summed E-state index contributed by atoms with van der Waals surface area (Å²) >= 11 is 1.53. The Morgan fingerprint density at radius 2 is 2.04 bits per heavy atom. The van der Waals surface area contributed by atoms with E-state index in [1.165, 1.54) is 11.3 Å². The summed E-state index contributed by atoms with van der Waals surface area (Å²) in [5.41, 5.74) is 2.13. The lowest BCUT2D eigenvalue weighted by molar-refractivity contribution is 0.0430. The van der Waals surface area contributed by atoms with E-state index in [-0.39, 0.29) is 12.5 Å². The molecule has 8 nitrogen and oxygen atoms in total. The topological polar surface area (TPSA) is 111 Å². The number of aromatic nitrogens is 2. The Kier molecular flexibility index (Phi) is 5.99. The first kappa shape index (κ1) is 19.2. The van der Waals surface area contributed by atoms with Crippen LogP contribution in [0, 0.1) is 0 Å². The van der Waals surface area contributed by atoms with Crippen molar-refractivity contribution in [2.75, 3.05) is 12.8 Å². The number of carbonyl (C=O) groups is 1. The van der Waals surface area contributed by atoms with E-state index in [0.29, 0.717) is 24.4 Å². The molecule has 142 valence electrons. The molecule has 0 saturated carbocycles. The molecule has 0 fully saturated rings. The number of hydrogen-bond donors (Lipinski definition) is 1. The Morgan fingerprint density at radius 3 is 2.70 bits per heavy atom. The Bertz CT molecular complexity index is 996. The number of thiophene rings is 1. The van der Waals surface area contributed by atoms with Crippen LogP contribution in [0.1, 0.15) is 21.8 Å². The van der Waals surface area contributed by atoms with Crippen molar-refractivity contribution < 1.29 is 22.5 Å².